The van der Waals surface area contributed by atoms with Crippen molar-refractivity contribution in [2.24, 2.45) is 0 Å². The molecule has 2 rings (SSSR count). The van der Waals surface area contributed by atoms with Crippen LogP contribution < -0.4 is 0 Å². The molecule has 0 aliphatic rings. The summed E-state index contributed by atoms with van der Waals surface area (Å²) in [6, 6.07) is 15.0. The van der Waals surface area contributed by atoms with Gasteiger partial charge in [-0.2, -0.15) is 0 Å². The number of phenolic OH excluding ortho intramolecular Hbond substituents is 2. The van der Waals surface area contributed by atoms with Crippen molar-refractivity contribution in [3.8, 4) is 11.5 Å². The maximum atomic E-state index is 10.1. The Morgan fingerprint density at radius 1 is 0.750 bits per heavy atom. The van der Waals surface area contributed by atoms with Crippen molar-refractivity contribution < 1.29 is 15.3 Å². The fourth-order valence-corrected chi connectivity index (χ4v) is 1.03. The number of hydrogen-bond acceptors (Lipinski definition) is 2. The molecule has 0 atom stereocenters. The zero-order valence-electron chi connectivity index (χ0n) is 8.71. The molecule has 0 aliphatic heterocycles. The normalized spacial score (nSPS) is 9.06. The molecule has 1 radical (unpaired) electrons. The summed E-state index contributed by atoms with van der Waals surface area (Å²) in [4.78, 5) is 0. The van der Waals surface area contributed by atoms with Crippen molar-refractivity contribution >= 4 is 0 Å². The van der Waals surface area contributed by atoms with Gasteiger partial charge in [0.1, 0.15) is 18.1 Å². The highest BCUT2D eigenvalue weighted by Gasteiger charge is 1.84. The third-order valence-corrected chi connectivity index (χ3v) is 1.86. The van der Waals surface area contributed by atoms with Crippen LogP contribution in [0.4, 0.5) is 0 Å². The summed E-state index contributed by atoms with van der Waals surface area (Å²) >= 11 is 0. The molecule has 2 aromatic rings. The highest BCUT2D eigenvalue weighted by molar-refractivity contribution is 5.28. The van der Waals surface area contributed by atoms with E-state index in [0.717, 1.165) is 5.56 Å². The molecule has 0 fully saturated rings. The van der Waals surface area contributed by atoms with E-state index < -0.39 is 0 Å². The number of hydrogen-bond donors (Lipinski definition) is 2. The SMILES string of the molecule is Oc1ccc(O)cc1.[O]Cc1ccccc1. The molecule has 0 saturated carbocycles. The maximum Gasteiger partial charge on any atom is 0.115 e. The molecule has 2 N–H and O–H groups in total. The molecular formula is C13H13O3. The Morgan fingerprint density at radius 3 is 1.50 bits per heavy atom. The molecule has 0 bridgehead atoms. The van der Waals surface area contributed by atoms with E-state index in [1.54, 1.807) is 0 Å². The summed E-state index contributed by atoms with van der Waals surface area (Å²) < 4.78 is 0. The van der Waals surface area contributed by atoms with Crippen LogP contribution in [0.1, 0.15) is 5.56 Å². The van der Waals surface area contributed by atoms with E-state index in [4.69, 9.17) is 10.2 Å². The summed E-state index contributed by atoms with van der Waals surface area (Å²) in [7, 11) is 0. The van der Waals surface area contributed by atoms with E-state index in [2.05, 4.69) is 0 Å². The fourth-order valence-electron chi connectivity index (χ4n) is 1.03. The Bertz CT molecular complexity index is 374. The van der Waals surface area contributed by atoms with E-state index in [-0.39, 0.29) is 18.1 Å². The molecule has 0 unspecified atom stereocenters. The number of aromatic hydroxyl groups is 2. The second-order valence-corrected chi connectivity index (χ2v) is 3.15. The molecule has 0 saturated heterocycles. The molecule has 3 nitrogen and oxygen atoms in total. The van der Waals surface area contributed by atoms with Gasteiger partial charge in [-0.1, -0.05) is 30.3 Å². The van der Waals surface area contributed by atoms with E-state index in [0.29, 0.717) is 0 Å². The summed E-state index contributed by atoms with van der Waals surface area (Å²) in [5, 5.41) is 27.4. The van der Waals surface area contributed by atoms with Crippen molar-refractivity contribution in [2.75, 3.05) is 0 Å². The Balaban J connectivity index is 0.000000160. The average molecular weight is 217 g/mol. The van der Waals surface area contributed by atoms with Crippen molar-refractivity contribution in [1.29, 1.82) is 0 Å². The van der Waals surface area contributed by atoms with Crippen LogP contribution in [0.3, 0.4) is 0 Å². The lowest BCUT2D eigenvalue weighted by Crippen LogP contribution is -1.75. The van der Waals surface area contributed by atoms with Gasteiger partial charge in [0.05, 0.1) is 0 Å². The second-order valence-electron chi connectivity index (χ2n) is 3.15. The predicted octanol–water partition coefficient (Wildman–Crippen LogP) is 2.71. The smallest absolute Gasteiger partial charge is 0.115 e. The van der Waals surface area contributed by atoms with Gasteiger partial charge in [0, 0.05) is 0 Å². The highest BCUT2D eigenvalue weighted by Crippen LogP contribution is 2.13. The first-order valence-electron chi connectivity index (χ1n) is 4.82. The quantitative estimate of drug-likeness (QED) is 0.721. The lowest BCUT2D eigenvalue weighted by Gasteiger charge is -1.88. The molecule has 0 aromatic heterocycles. The fraction of sp³-hybridized carbons (Fsp3) is 0.0769. The number of rotatable bonds is 1. The van der Waals surface area contributed by atoms with Crippen LogP contribution in [-0.2, 0) is 11.7 Å². The first kappa shape index (κ1) is 12.1. The molecule has 0 heterocycles. The lowest BCUT2D eigenvalue weighted by molar-refractivity contribution is 0.177. The van der Waals surface area contributed by atoms with Gasteiger partial charge in [-0.15, -0.1) is 0 Å². The topological polar surface area (TPSA) is 60.4 Å². The minimum atomic E-state index is -0.110. The highest BCUT2D eigenvalue weighted by atomic mass is 16.3. The van der Waals surface area contributed by atoms with Gasteiger partial charge >= 0.3 is 0 Å². The molecule has 3 heteroatoms. The van der Waals surface area contributed by atoms with Gasteiger partial charge in [-0.05, 0) is 29.8 Å². The Morgan fingerprint density at radius 2 is 1.19 bits per heavy atom. The molecule has 2 aromatic carbocycles. The summed E-state index contributed by atoms with van der Waals surface area (Å²) in [6.07, 6.45) is 0. The number of benzene rings is 2. The second kappa shape index (κ2) is 6.48. The van der Waals surface area contributed by atoms with Gasteiger partial charge in [-0.25, -0.2) is 5.11 Å². The lowest BCUT2D eigenvalue weighted by atomic mass is 10.2. The van der Waals surface area contributed by atoms with Crippen molar-refractivity contribution in [3.05, 3.63) is 60.2 Å². The van der Waals surface area contributed by atoms with Crippen molar-refractivity contribution in [3.63, 3.8) is 0 Å². The maximum absolute atomic E-state index is 10.1. The molecular weight excluding hydrogens is 204 g/mol. The van der Waals surface area contributed by atoms with Gasteiger partial charge in [0.15, 0.2) is 0 Å². The minimum absolute atomic E-state index is 0.110. The van der Waals surface area contributed by atoms with Gasteiger partial charge in [-0.3, -0.25) is 0 Å². The van der Waals surface area contributed by atoms with Crippen LogP contribution in [0.5, 0.6) is 11.5 Å². The summed E-state index contributed by atoms with van der Waals surface area (Å²) in [6.45, 7) is -0.110. The molecule has 0 amide bonds. The van der Waals surface area contributed by atoms with Crippen LogP contribution in [0.15, 0.2) is 54.6 Å². The molecule has 0 aliphatic carbocycles. The standard InChI is InChI=1S/C7H7O.C6H6O2/c8-6-7-4-2-1-3-5-7;7-5-1-2-6(8)4-3-5/h1-5H,6H2;1-4,7-8H. The molecule has 83 valence electrons. The van der Waals surface area contributed by atoms with Crippen molar-refractivity contribution in [2.45, 2.75) is 6.61 Å². The van der Waals surface area contributed by atoms with Crippen LogP contribution in [-0.4, -0.2) is 10.2 Å². The minimum Gasteiger partial charge on any atom is -0.508 e. The Kier molecular flexibility index (Phi) is 4.89. The van der Waals surface area contributed by atoms with Crippen LogP contribution in [0.2, 0.25) is 0 Å². The average Bonchev–Trinajstić information content (AvgIpc) is 2.35. The molecule has 16 heavy (non-hydrogen) atoms. The Labute approximate surface area is 94.2 Å². The van der Waals surface area contributed by atoms with Crippen molar-refractivity contribution in [1.82, 2.24) is 0 Å². The number of phenols is 2. The third kappa shape index (κ3) is 4.48. The largest absolute Gasteiger partial charge is 0.508 e. The monoisotopic (exact) mass is 217 g/mol. The zero-order valence-corrected chi connectivity index (χ0v) is 8.71. The first-order valence-corrected chi connectivity index (χ1v) is 4.82. The Hall–Kier alpha value is -2.00. The first-order chi connectivity index (χ1) is 7.72. The summed E-state index contributed by atoms with van der Waals surface area (Å²) in [5.74, 6) is 0.339. The van der Waals surface area contributed by atoms with Gasteiger partial charge < -0.3 is 10.2 Å². The van der Waals surface area contributed by atoms with E-state index in [1.165, 1.54) is 24.3 Å². The van der Waals surface area contributed by atoms with E-state index in [1.807, 2.05) is 30.3 Å². The van der Waals surface area contributed by atoms with Gasteiger partial charge in [0.2, 0.25) is 0 Å². The van der Waals surface area contributed by atoms with Crippen LogP contribution >= 0.6 is 0 Å². The van der Waals surface area contributed by atoms with E-state index in [9.17, 15) is 5.11 Å². The third-order valence-electron chi connectivity index (χ3n) is 1.86. The molecule has 0 spiro atoms. The van der Waals surface area contributed by atoms with Crippen LogP contribution in [0, 0.1) is 0 Å². The zero-order chi connectivity index (χ0) is 11.8. The van der Waals surface area contributed by atoms with Gasteiger partial charge in [0.25, 0.3) is 0 Å². The predicted molar refractivity (Wildman–Crippen MR) is 60.6 cm³/mol. The van der Waals surface area contributed by atoms with Crippen LogP contribution in [0.25, 0.3) is 0 Å². The summed E-state index contributed by atoms with van der Waals surface area (Å²) in [5.41, 5.74) is 0.854. The van der Waals surface area contributed by atoms with E-state index >= 15 is 0 Å².